The second-order valence-corrected chi connectivity index (χ2v) is 4.63. The minimum absolute atomic E-state index is 0.143. The van der Waals surface area contributed by atoms with Crippen LogP contribution in [0.3, 0.4) is 0 Å². The summed E-state index contributed by atoms with van der Waals surface area (Å²) in [4.78, 5) is 28.2. The minimum atomic E-state index is -0.451. The molecule has 4 nitrogen and oxygen atoms in total. The van der Waals surface area contributed by atoms with Crippen LogP contribution in [0.2, 0.25) is 0 Å². The first-order valence-corrected chi connectivity index (χ1v) is 6.25. The van der Waals surface area contributed by atoms with E-state index in [-0.39, 0.29) is 17.9 Å². The van der Waals surface area contributed by atoms with Crippen molar-refractivity contribution in [2.45, 2.75) is 51.6 Å². The molecule has 90 valence electrons. The molecule has 1 spiro atoms. The first-order valence-electron chi connectivity index (χ1n) is 6.25. The van der Waals surface area contributed by atoms with E-state index in [2.05, 4.69) is 0 Å². The van der Waals surface area contributed by atoms with Gasteiger partial charge < -0.3 is 9.80 Å². The molecule has 1 atom stereocenters. The Balaban J connectivity index is 2.34. The molecule has 1 aliphatic carbocycles. The molecule has 2 amide bonds. The Morgan fingerprint density at radius 3 is 2.19 bits per heavy atom. The van der Waals surface area contributed by atoms with Crippen LogP contribution in [0.5, 0.6) is 0 Å². The molecule has 1 unspecified atom stereocenters. The van der Waals surface area contributed by atoms with Crippen LogP contribution in [0, 0.1) is 0 Å². The molecule has 0 aromatic heterocycles. The van der Waals surface area contributed by atoms with E-state index in [4.69, 9.17) is 0 Å². The molecule has 0 N–H and O–H groups in total. The smallest absolute Gasteiger partial charge is 0.249 e. The van der Waals surface area contributed by atoms with Crippen molar-refractivity contribution in [1.82, 2.24) is 9.80 Å². The standard InChI is InChI=1S/C12H20N2O2/c1-4-9-10(15)14(6-3)12(7-8-12)11(16)13(9)5-2/h9H,4-8H2,1-3H3. The number of carbonyl (C=O) groups is 2. The summed E-state index contributed by atoms with van der Waals surface area (Å²) >= 11 is 0. The highest BCUT2D eigenvalue weighted by Gasteiger charge is 2.62. The fraction of sp³-hybridized carbons (Fsp3) is 0.833. The van der Waals surface area contributed by atoms with Gasteiger partial charge in [-0.15, -0.1) is 0 Å². The molecule has 2 fully saturated rings. The van der Waals surface area contributed by atoms with Gasteiger partial charge >= 0.3 is 0 Å². The SMILES string of the molecule is CCC1C(=O)N(CC)C2(CC2)C(=O)N1CC. The van der Waals surface area contributed by atoms with Gasteiger partial charge in [0.2, 0.25) is 11.8 Å². The van der Waals surface area contributed by atoms with E-state index in [0.29, 0.717) is 19.5 Å². The Hall–Kier alpha value is -1.06. The molecule has 1 aliphatic heterocycles. The molecule has 1 saturated heterocycles. The van der Waals surface area contributed by atoms with Crippen LogP contribution in [0.25, 0.3) is 0 Å². The third-order valence-corrected chi connectivity index (χ3v) is 3.87. The topological polar surface area (TPSA) is 40.6 Å². The van der Waals surface area contributed by atoms with E-state index in [1.807, 2.05) is 20.8 Å². The summed E-state index contributed by atoms with van der Waals surface area (Å²) in [6, 6.07) is -0.233. The summed E-state index contributed by atoms with van der Waals surface area (Å²) in [5.41, 5.74) is -0.451. The fourth-order valence-electron chi connectivity index (χ4n) is 2.87. The number of nitrogens with zero attached hydrogens (tertiary/aromatic N) is 2. The van der Waals surface area contributed by atoms with Crippen molar-refractivity contribution < 1.29 is 9.59 Å². The monoisotopic (exact) mass is 224 g/mol. The maximum Gasteiger partial charge on any atom is 0.249 e. The molecule has 2 rings (SSSR count). The van der Waals surface area contributed by atoms with Gasteiger partial charge in [-0.1, -0.05) is 6.92 Å². The number of rotatable bonds is 3. The van der Waals surface area contributed by atoms with Gasteiger partial charge in [0.15, 0.2) is 0 Å². The second kappa shape index (κ2) is 3.75. The zero-order chi connectivity index (χ0) is 11.9. The molecule has 0 radical (unpaired) electrons. The number of amides is 2. The van der Waals surface area contributed by atoms with E-state index >= 15 is 0 Å². The number of hydrogen-bond donors (Lipinski definition) is 0. The third kappa shape index (κ3) is 1.28. The van der Waals surface area contributed by atoms with Crippen LogP contribution in [0.1, 0.15) is 40.0 Å². The van der Waals surface area contributed by atoms with E-state index < -0.39 is 5.54 Å². The molecule has 0 aromatic carbocycles. The fourth-order valence-corrected chi connectivity index (χ4v) is 2.87. The molecular weight excluding hydrogens is 204 g/mol. The van der Waals surface area contributed by atoms with Crippen molar-refractivity contribution in [2.24, 2.45) is 0 Å². The molecule has 1 saturated carbocycles. The van der Waals surface area contributed by atoms with E-state index in [1.165, 1.54) is 0 Å². The van der Waals surface area contributed by atoms with Crippen LogP contribution in [0.15, 0.2) is 0 Å². The molecule has 1 heterocycles. The van der Waals surface area contributed by atoms with Gasteiger partial charge in [-0.3, -0.25) is 9.59 Å². The Morgan fingerprint density at radius 2 is 1.81 bits per heavy atom. The lowest BCUT2D eigenvalue weighted by molar-refractivity contribution is -0.163. The summed E-state index contributed by atoms with van der Waals surface area (Å²) in [5, 5.41) is 0. The maximum atomic E-state index is 12.4. The summed E-state index contributed by atoms with van der Waals surface area (Å²) in [6.07, 6.45) is 2.40. The van der Waals surface area contributed by atoms with Crippen LogP contribution in [-0.4, -0.2) is 46.3 Å². The van der Waals surface area contributed by atoms with Crippen molar-refractivity contribution >= 4 is 11.8 Å². The minimum Gasteiger partial charge on any atom is -0.329 e. The lowest BCUT2D eigenvalue weighted by Crippen LogP contribution is -2.65. The van der Waals surface area contributed by atoms with Crippen LogP contribution in [-0.2, 0) is 9.59 Å². The summed E-state index contributed by atoms with van der Waals surface area (Å²) in [6.45, 7) is 7.17. The largest absolute Gasteiger partial charge is 0.329 e. The van der Waals surface area contributed by atoms with Crippen molar-refractivity contribution in [3.05, 3.63) is 0 Å². The highest BCUT2D eigenvalue weighted by atomic mass is 16.2. The summed E-state index contributed by atoms with van der Waals surface area (Å²) in [7, 11) is 0. The van der Waals surface area contributed by atoms with Crippen LogP contribution < -0.4 is 0 Å². The normalized spacial score (nSPS) is 27.8. The predicted octanol–water partition coefficient (Wildman–Crippen LogP) is 1.01. The number of hydrogen-bond acceptors (Lipinski definition) is 2. The number of piperazine rings is 1. The zero-order valence-corrected chi connectivity index (χ0v) is 10.3. The zero-order valence-electron chi connectivity index (χ0n) is 10.3. The molecule has 16 heavy (non-hydrogen) atoms. The molecule has 4 heteroatoms. The highest BCUT2D eigenvalue weighted by molar-refractivity contribution is 6.01. The maximum absolute atomic E-state index is 12.4. The van der Waals surface area contributed by atoms with Gasteiger partial charge in [0.1, 0.15) is 11.6 Å². The molecule has 2 aliphatic rings. The van der Waals surface area contributed by atoms with E-state index in [1.54, 1.807) is 9.80 Å². The third-order valence-electron chi connectivity index (χ3n) is 3.87. The van der Waals surface area contributed by atoms with Crippen LogP contribution in [0.4, 0.5) is 0 Å². The van der Waals surface area contributed by atoms with E-state index in [9.17, 15) is 9.59 Å². The van der Waals surface area contributed by atoms with Gasteiger partial charge in [-0.25, -0.2) is 0 Å². The van der Waals surface area contributed by atoms with Gasteiger partial charge in [-0.2, -0.15) is 0 Å². The van der Waals surface area contributed by atoms with Gasteiger partial charge in [0.25, 0.3) is 0 Å². The average Bonchev–Trinajstić information content (AvgIpc) is 3.05. The first-order chi connectivity index (χ1) is 7.62. The highest BCUT2D eigenvalue weighted by Crippen LogP contribution is 2.46. The van der Waals surface area contributed by atoms with Gasteiger partial charge in [0.05, 0.1) is 0 Å². The molecule has 0 bridgehead atoms. The Morgan fingerprint density at radius 1 is 1.19 bits per heavy atom. The number of carbonyl (C=O) groups excluding carboxylic acids is 2. The Kier molecular flexibility index (Phi) is 2.68. The lowest BCUT2D eigenvalue weighted by atomic mass is 10.0. The first kappa shape index (κ1) is 11.4. The Labute approximate surface area is 96.6 Å². The average molecular weight is 224 g/mol. The quantitative estimate of drug-likeness (QED) is 0.718. The van der Waals surface area contributed by atoms with Crippen molar-refractivity contribution in [1.29, 1.82) is 0 Å². The van der Waals surface area contributed by atoms with Crippen LogP contribution >= 0.6 is 0 Å². The summed E-state index contributed by atoms with van der Waals surface area (Å²) < 4.78 is 0. The summed E-state index contributed by atoms with van der Waals surface area (Å²) in [5.74, 6) is 0.312. The lowest BCUT2D eigenvalue weighted by Gasteiger charge is -2.44. The number of likely N-dealkylation sites (N-methyl/N-ethyl adjacent to an activating group) is 2. The second-order valence-electron chi connectivity index (χ2n) is 4.63. The predicted molar refractivity (Wildman–Crippen MR) is 60.8 cm³/mol. The van der Waals surface area contributed by atoms with Crippen molar-refractivity contribution in [3.8, 4) is 0 Å². The molecule has 0 aromatic rings. The van der Waals surface area contributed by atoms with Gasteiger partial charge in [0, 0.05) is 13.1 Å². The molecular formula is C12H20N2O2. The Bertz CT molecular complexity index is 323. The van der Waals surface area contributed by atoms with Crippen molar-refractivity contribution in [2.75, 3.05) is 13.1 Å². The van der Waals surface area contributed by atoms with Crippen molar-refractivity contribution in [3.63, 3.8) is 0 Å². The van der Waals surface area contributed by atoms with E-state index in [0.717, 1.165) is 12.8 Å². The van der Waals surface area contributed by atoms with Gasteiger partial charge in [-0.05, 0) is 33.1 Å².